The van der Waals surface area contributed by atoms with Crippen molar-refractivity contribution in [3.05, 3.63) is 18.0 Å². The molecule has 28 heavy (non-hydrogen) atoms. The quantitative estimate of drug-likeness (QED) is 0.133. The van der Waals surface area contributed by atoms with E-state index >= 15 is 0 Å². The normalized spacial score (nSPS) is 11.2. The first-order valence-electron chi connectivity index (χ1n) is 11.8. The molecule has 0 spiro atoms. The van der Waals surface area contributed by atoms with Crippen molar-refractivity contribution in [3.63, 3.8) is 0 Å². The summed E-state index contributed by atoms with van der Waals surface area (Å²) in [4.78, 5) is 0. The molecular weight excluding hydrogens is 362 g/mol. The Morgan fingerprint density at radius 3 is 1.71 bits per heavy atom. The third-order valence-corrected chi connectivity index (χ3v) is 6.63. The predicted octanol–water partition coefficient (Wildman–Crippen LogP) is 7.90. The molecule has 1 rings (SSSR count). The zero-order valence-corrected chi connectivity index (χ0v) is 19.8. The zero-order valence-electron chi connectivity index (χ0n) is 19.0. The summed E-state index contributed by atoms with van der Waals surface area (Å²) in [5.41, 5.74) is 1.18. The SMILES string of the molecule is C=C(C)CSc1nnc(CCCCCCCCCCCCCCCCC)n1C. The molecule has 1 heterocycles. The van der Waals surface area contributed by atoms with Crippen molar-refractivity contribution in [1.82, 2.24) is 14.8 Å². The molecule has 0 atom stereocenters. The highest BCUT2D eigenvalue weighted by Gasteiger charge is 2.08. The first-order valence-corrected chi connectivity index (χ1v) is 12.8. The third kappa shape index (κ3) is 12.6. The number of rotatable bonds is 19. The van der Waals surface area contributed by atoms with Gasteiger partial charge in [0.15, 0.2) is 5.16 Å². The smallest absolute Gasteiger partial charge is 0.191 e. The summed E-state index contributed by atoms with van der Waals surface area (Å²) in [7, 11) is 2.08. The van der Waals surface area contributed by atoms with E-state index in [-0.39, 0.29) is 0 Å². The molecule has 0 unspecified atom stereocenters. The first kappa shape index (κ1) is 25.3. The molecule has 3 nitrogen and oxygen atoms in total. The van der Waals surface area contributed by atoms with Crippen LogP contribution in [0.15, 0.2) is 17.3 Å². The van der Waals surface area contributed by atoms with E-state index < -0.39 is 0 Å². The monoisotopic (exact) mass is 407 g/mol. The Morgan fingerprint density at radius 2 is 1.25 bits per heavy atom. The minimum absolute atomic E-state index is 0.922. The van der Waals surface area contributed by atoms with Crippen molar-refractivity contribution in [1.29, 1.82) is 0 Å². The average Bonchev–Trinajstić information content (AvgIpc) is 3.03. The van der Waals surface area contributed by atoms with Gasteiger partial charge in [0.2, 0.25) is 0 Å². The molecule has 0 N–H and O–H groups in total. The zero-order chi connectivity index (χ0) is 20.5. The van der Waals surface area contributed by atoms with E-state index in [9.17, 15) is 0 Å². The number of aryl methyl sites for hydroxylation is 1. The topological polar surface area (TPSA) is 30.7 Å². The molecule has 4 heteroatoms. The van der Waals surface area contributed by atoms with Crippen molar-refractivity contribution in [2.75, 3.05) is 5.75 Å². The van der Waals surface area contributed by atoms with Crippen molar-refractivity contribution < 1.29 is 0 Å². The predicted molar refractivity (Wildman–Crippen MR) is 125 cm³/mol. The maximum atomic E-state index is 4.36. The molecule has 0 fully saturated rings. The molecule has 162 valence electrons. The van der Waals surface area contributed by atoms with E-state index in [1.807, 2.05) is 0 Å². The van der Waals surface area contributed by atoms with Crippen LogP contribution in [0.4, 0.5) is 0 Å². The molecular formula is C24H45N3S. The van der Waals surface area contributed by atoms with Gasteiger partial charge in [0, 0.05) is 19.2 Å². The van der Waals surface area contributed by atoms with Gasteiger partial charge in [-0.3, -0.25) is 0 Å². The van der Waals surface area contributed by atoms with Crippen molar-refractivity contribution in [3.8, 4) is 0 Å². The van der Waals surface area contributed by atoms with Crippen LogP contribution in [-0.2, 0) is 13.5 Å². The van der Waals surface area contributed by atoms with E-state index in [2.05, 4.69) is 42.2 Å². The summed E-state index contributed by atoms with van der Waals surface area (Å²) in [5.74, 6) is 2.05. The number of hydrogen-bond acceptors (Lipinski definition) is 3. The van der Waals surface area contributed by atoms with Gasteiger partial charge in [-0.05, 0) is 13.3 Å². The van der Waals surface area contributed by atoms with Crippen molar-refractivity contribution >= 4 is 11.8 Å². The van der Waals surface area contributed by atoms with Gasteiger partial charge in [-0.15, -0.1) is 10.2 Å². The van der Waals surface area contributed by atoms with Crippen LogP contribution in [0.1, 0.15) is 116 Å². The molecule has 1 aromatic heterocycles. The van der Waals surface area contributed by atoms with Gasteiger partial charge in [-0.25, -0.2) is 0 Å². The Bertz CT molecular complexity index is 510. The highest BCUT2D eigenvalue weighted by atomic mass is 32.2. The van der Waals surface area contributed by atoms with Crippen LogP contribution in [0.25, 0.3) is 0 Å². The Morgan fingerprint density at radius 1 is 0.786 bits per heavy atom. The number of unbranched alkanes of at least 4 members (excludes halogenated alkanes) is 14. The van der Waals surface area contributed by atoms with Gasteiger partial charge in [-0.2, -0.15) is 0 Å². The number of hydrogen-bond donors (Lipinski definition) is 0. The molecule has 0 aliphatic rings. The molecule has 0 amide bonds. The van der Waals surface area contributed by atoms with Gasteiger partial charge in [0.05, 0.1) is 0 Å². The summed E-state index contributed by atoms with van der Waals surface area (Å²) in [6.07, 6.45) is 22.2. The molecule has 0 saturated heterocycles. The number of thioether (sulfide) groups is 1. The largest absolute Gasteiger partial charge is 0.309 e. The fourth-order valence-corrected chi connectivity index (χ4v) is 4.30. The van der Waals surface area contributed by atoms with Gasteiger partial charge >= 0.3 is 0 Å². The van der Waals surface area contributed by atoms with Crippen LogP contribution in [0, 0.1) is 0 Å². The fourth-order valence-electron chi connectivity index (χ4n) is 3.53. The molecule has 1 aromatic rings. The first-order chi connectivity index (χ1) is 13.6. The van der Waals surface area contributed by atoms with Gasteiger partial charge < -0.3 is 4.57 Å². The lowest BCUT2D eigenvalue weighted by atomic mass is 10.0. The lowest BCUT2D eigenvalue weighted by Crippen LogP contribution is -1.99. The van der Waals surface area contributed by atoms with Gasteiger partial charge in [0.25, 0.3) is 0 Å². The lowest BCUT2D eigenvalue weighted by molar-refractivity contribution is 0.530. The Kier molecular flexibility index (Phi) is 15.4. The summed E-state index contributed by atoms with van der Waals surface area (Å²) in [6.45, 7) is 8.30. The lowest BCUT2D eigenvalue weighted by Gasteiger charge is -2.05. The van der Waals surface area contributed by atoms with Crippen LogP contribution in [0.3, 0.4) is 0 Å². The Labute approximate surface area is 179 Å². The molecule has 0 saturated carbocycles. The van der Waals surface area contributed by atoms with Crippen molar-refractivity contribution in [2.45, 2.75) is 122 Å². The van der Waals surface area contributed by atoms with Crippen LogP contribution in [0.2, 0.25) is 0 Å². The van der Waals surface area contributed by atoms with E-state index in [0.717, 1.165) is 23.2 Å². The second-order valence-corrected chi connectivity index (χ2v) is 9.35. The number of nitrogens with zero attached hydrogens (tertiary/aromatic N) is 3. The third-order valence-electron chi connectivity index (χ3n) is 5.38. The standard InChI is InChI=1S/C24H45N3S/c1-5-6-7-8-9-10-11-12-13-14-15-16-17-18-19-20-23-25-26-24(27(23)4)28-21-22(2)3/h2,5-21H2,1,3-4H3. The summed E-state index contributed by atoms with van der Waals surface area (Å²) >= 11 is 1.73. The maximum Gasteiger partial charge on any atom is 0.191 e. The second kappa shape index (κ2) is 17.1. The van der Waals surface area contributed by atoms with Crippen LogP contribution in [-0.4, -0.2) is 20.5 Å². The number of aromatic nitrogens is 3. The Balaban J connectivity index is 1.90. The Hall–Kier alpha value is -0.770. The van der Waals surface area contributed by atoms with Crippen LogP contribution >= 0.6 is 11.8 Å². The second-order valence-electron chi connectivity index (χ2n) is 8.40. The molecule has 0 aromatic carbocycles. The minimum atomic E-state index is 0.922. The summed E-state index contributed by atoms with van der Waals surface area (Å²) in [5, 5.41) is 9.68. The van der Waals surface area contributed by atoms with Gasteiger partial charge in [0.1, 0.15) is 5.82 Å². The molecule has 0 aliphatic carbocycles. The summed E-state index contributed by atoms with van der Waals surface area (Å²) in [6, 6.07) is 0. The molecule has 0 radical (unpaired) electrons. The van der Waals surface area contributed by atoms with E-state index in [4.69, 9.17) is 0 Å². The molecule has 0 bridgehead atoms. The van der Waals surface area contributed by atoms with Crippen LogP contribution < -0.4 is 0 Å². The fraction of sp³-hybridized carbons (Fsp3) is 0.833. The maximum absolute atomic E-state index is 4.36. The van der Waals surface area contributed by atoms with E-state index in [1.54, 1.807) is 11.8 Å². The van der Waals surface area contributed by atoms with Crippen LogP contribution in [0.5, 0.6) is 0 Å². The highest BCUT2D eigenvalue weighted by molar-refractivity contribution is 7.99. The van der Waals surface area contributed by atoms with Gasteiger partial charge in [-0.1, -0.05) is 121 Å². The van der Waals surface area contributed by atoms with E-state index in [1.165, 1.54) is 102 Å². The minimum Gasteiger partial charge on any atom is -0.309 e. The van der Waals surface area contributed by atoms with Crippen molar-refractivity contribution in [2.24, 2.45) is 7.05 Å². The summed E-state index contributed by atoms with van der Waals surface area (Å²) < 4.78 is 2.15. The van der Waals surface area contributed by atoms with E-state index in [0.29, 0.717) is 0 Å². The average molecular weight is 408 g/mol. The highest BCUT2D eigenvalue weighted by Crippen LogP contribution is 2.19. The molecule has 0 aliphatic heterocycles.